The number of rotatable bonds is 3. The van der Waals surface area contributed by atoms with Crippen molar-refractivity contribution in [2.75, 3.05) is 5.32 Å². The topological polar surface area (TPSA) is 95.0 Å². The van der Waals surface area contributed by atoms with Gasteiger partial charge in [0.25, 0.3) is 0 Å². The van der Waals surface area contributed by atoms with Crippen LogP contribution in [0.1, 0.15) is 19.3 Å². The van der Waals surface area contributed by atoms with Gasteiger partial charge in [-0.15, -0.1) is 10.2 Å². The fraction of sp³-hybridized carbons (Fsp3) is 0.636. The van der Waals surface area contributed by atoms with Crippen LogP contribution in [0.15, 0.2) is 5.51 Å². The Kier molecular flexibility index (Phi) is 2.77. The van der Waals surface area contributed by atoms with Crippen LogP contribution < -0.4 is 10.4 Å². The van der Waals surface area contributed by atoms with Crippen molar-refractivity contribution < 1.29 is 14.7 Å². The molecule has 96 valence electrons. The van der Waals surface area contributed by atoms with Gasteiger partial charge < -0.3 is 15.2 Å². The van der Waals surface area contributed by atoms with Crippen LogP contribution in [0.5, 0.6) is 0 Å². The van der Waals surface area contributed by atoms with Crippen molar-refractivity contribution in [3.63, 3.8) is 0 Å². The van der Waals surface area contributed by atoms with E-state index in [1.54, 1.807) is 0 Å². The number of nitrogens with one attached hydrogen (secondary N) is 1. The van der Waals surface area contributed by atoms with Crippen LogP contribution >= 0.6 is 11.3 Å². The average molecular weight is 266 g/mol. The molecule has 4 atom stereocenters. The minimum atomic E-state index is -1.10. The number of fused-ring (bicyclic) bond motifs is 2. The summed E-state index contributed by atoms with van der Waals surface area (Å²) in [5.41, 5.74) is 1.52. The third-order valence-electron chi connectivity index (χ3n) is 4.08. The Hall–Kier alpha value is -1.50. The zero-order valence-electron chi connectivity index (χ0n) is 9.54. The number of carbonyl (C=O) groups is 2. The van der Waals surface area contributed by atoms with E-state index >= 15 is 0 Å². The molecule has 18 heavy (non-hydrogen) atoms. The lowest BCUT2D eigenvalue weighted by Crippen LogP contribution is -2.43. The Morgan fingerprint density at radius 3 is 2.67 bits per heavy atom. The summed E-state index contributed by atoms with van der Waals surface area (Å²) < 4.78 is 0. The second-order valence-corrected chi connectivity index (χ2v) is 5.77. The van der Waals surface area contributed by atoms with Crippen molar-refractivity contribution in [2.24, 2.45) is 23.7 Å². The molecule has 0 aliphatic heterocycles. The lowest BCUT2D eigenvalue weighted by molar-refractivity contribution is -0.314. The van der Waals surface area contributed by atoms with Crippen LogP contribution in [0, 0.1) is 23.7 Å². The first-order valence-electron chi connectivity index (χ1n) is 5.94. The molecular weight excluding hydrogens is 254 g/mol. The van der Waals surface area contributed by atoms with Crippen LogP contribution in [-0.4, -0.2) is 22.1 Å². The molecule has 4 unspecified atom stereocenters. The summed E-state index contributed by atoms with van der Waals surface area (Å²) in [6.45, 7) is 0. The Labute approximate surface area is 107 Å². The normalized spacial score (nSPS) is 33.6. The Morgan fingerprint density at radius 2 is 2.06 bits per heavy atom. The van der Waals surface area contributed by atoms with E-state index in [4.69, 9.17) is 0 Å². The molecule has 6 nitrogen and oxygen atoms in total. The number of aliphatic carboxylic acids is 1. The molecule has 0 spiro atoms. The molecule has 2 saturated carbocycles. The summed E-state index contributed by atoms with van der Waals surface area (Å²) in [4.78, 5) is 23.3. The van der Waals surface area contributed by atoms with Gasteiger partial charge in [0, 0.05) is 17.8 Å². The van der Waals surface area contributed by atoms with Gasteiger partial charge in [0.05, 0.1) is 0 Å². The van der Waals surface area contributed by atoms with Crippen molar-refractivity contribution >= 4 is 28.3 Å². The molecule has 2 bridgehead atoms. The molecule has 1 N–H and O–H groups in total. The average Bonchev–Trinajstić information content (AvgIpc) is 3.03. The van der Waals surface area contributed by atoms with Crippen molar-refractivity contribution in [2.45, 2.75) is 19.3 Å². The summed E-state index contributed by atoms with van der Waals surface area (Å²) in [6.07, 6.45) is 2.65. The quantitative estimate of drug-likeness (QED) is 0.823. The number of anilines is 1. The first-order chi connectivity index (χ1) is 8.66. The molecule has 2 aliphatic carbocycles. The van der Waals surface area contributed by atoms with Gasteiger partial charge in [0.2, 0.25) is 11.0 Å². The molecule has 1 aromatic heterocycles. The van der Waals surface area contributed by atoms with Crippen LogP contribution in [0.4, 0.5) is 5.13 Å². The maximum Gasteiger partial charge on any atom is 0.230 e. The molecule has 7 heteroatoms. The molecule has 0 aromatic carbocycles. The van der Waals surface area contributed by atoms with Gasteiger partial charge in [-0.1, -0.05) is 11.3 Å². The Morgan fingerprint density at radius 1 is 1.33 bits per heavy atom. The maximum absolute atomic E-state index is 12.2. The van der Waals surface area contributed by atoms with Crippen molar-refractivity contribution in [1.29, 1.82) is 0 Å². The molecule has 2 fully saturated rings. The first-order valence-corrected chi connectivity index (χ1v) is 6.82. The van der Waals surface area contributed by atoms with Crippen LogP contribution in [0.2, 0.25) is 0 Å². The summed E-state index contributed by atoms with van der Waals surface area (Å²) in [7, 11) is 0. The lowest BCUT2D eigenvalue weighted by atomic mass is 9.79. The third kappa shape index (κ3) is 1.78. The molecule has 0 radical (unpaired) electrons. The molecule has 1 amide bonds. The van der Waals surface area contributed by atoms with E-state index in [1.807, 2.05) is 0 Å². The van der Waals surface area contributed by atoms with Crippen LogP contribution in [-0.2, 0) is 9.59 Å². The number of carboxylic acids is 1. The molecule has 1 heterocycles. The monoisotopic (exact) mass is 266 g/mol. The second-order valence-electron chi connectivity index (χ2n) is 4.94. The number of carboxylic acid groups (broad SMARTS) is 1. The zero-order valence-corrected chi connectivity index (χ0v) is 10.4. The Bertz CT molecular complexity index is 476. The number of amides is 1. The highest BCUT2D eigenvalue weighted by Gasteiger charge is 2.51. The van der Waals surface area contributed by atoms with E-state index in [0.717, 1.165) is 19.3 Å². The second kappa shape index (κ2) is 4.31. The molecule has 2 aliphatic rings. The van der Waals surface area contributed by atoms with Gasteiger partial charge in [-0.3, -0.25) is 4.79 Å². The van der Waals surface area contributed by atoms with E-state index < -0.39 is 17.8 Å². The SMILES string of the molecule is O=C([O-])C1C2CCC(C2)C1C(=O)Nc1nncs1. The molecular formula is C11H12N3O3S-. The van der Waals surface area contributed by atoms with E-state index in [-0.39, 0.29) is 17.7 Å². The first kappa shape index (κ1) is 11.6. The van der Waals surface area contributed by atoms with Gasteiger partial charge in [0.15, 0.2) is 0 Å². The van der Waals surface area contributed by atoms with Gasteiger partial charge in [-0.2, -0.15) is 0 Å². The van der Waals surface area contributed by atoms with Gasteiger partial charge in [-0.05, 0) is 31.1 Å². The van der Waals surface area contributed by atoms with Gasteiger partial charge >= 0.3 is 0 Å². The number of hydrogen-bond acceptors (Lipinski definition) is 6. The van der Waals surface area contributed by atoms with E-state index in [2.05, 4.69) is 15.5 Å². The zero-order chi connectivity index (χ0) is 12.7. The van der Waals surface area contributed by atoms with E-state index in [1.165, 1.54) is 16.8 Å². The minimum absolute atomic E-state index is 0.102. The Balaban J connectivity index is 1.78. The van der Waals surface area contributed by atoms with E-state index in [0.29, 0.717) is 5.13 Å². The molecule has 1 aromatic rings. The smallest absolute Gasteiger partial charge is 0.230 e. The summed E-state index contributed by atoms with van der Waals surface area (Å²) in [5, 5.41) is 21.6. The third-order valence-corrected chi connectivity index (χ3v) is 4.69. The predicted molar refractivity (Wildman–Crippen MR) is 61.4 cm³/mol. The summed E-state index contributed by atoms with van der Waals surface area (Å²) in [5.74, 6) is -2.20. The number of hydrogen-bond donors (Lipinski definition) is 1. The number of nitrogens with zero attached hydrogens (tertiary/aromatic N) is 2. The lowest BCUT2D eigenvalue weighted by Gasteiger charge is -2.30. The van der Waals surface area contributed by atoms with Gasteiger partial charge in [-0.25, -0.2) is 0 Å². The molecule has 0 saturated heterocycles. The van der Waals surface area contributed by atoms with Crippen LogP contribution in [0.3, 0.4) is 0 Å². The largest absolute Gasteiger partial charge is 0.550 e. The highest BCUT2D eigenvalue weighted by atomic mass is 32.1. The number of aromatic nitrogens is 2. The highest BCUT2D eigenvalue weighted by Crippen LogP contribution is 2.52. The maximum atomic E-state index is 12.2. The minimum Gasteiger partial charge on any atom is -0.550 e. The molecule has 3 rings (SSSR count). The van der Waals surface area contributed by atoms with Crippen molar-refractivity contribution in [3.8, 4) is 0 Å². The fourth-order valence-electron chi connectivity index (χ4n) is 3.42. The van der Waals surface area contributed by atoms with Crippen LogP contribution in [0.25, 0.3) is 0 Å². The number of carbonyl (C=O) groups excluding carboxylic acids is 2. The van der Waals surface area contributed by atoms with Crippen molar-refractivity contribution in [3.05, 3.63) is 5.51 Å². The van der Waals surface area contributed by atoms with Gasteiger partial charge in [0.1, 0.15) is 5.51 Å². The highest BCUT2D eigenvalue weighted by molar-refractivity contribution is 7.13. The van der Waals surface area contributed by atoms with Crippen molar-refractivity contribution in [1.82, 2.24) is 10.2 Å². The summed E-state index contributed by atoms with van der Waals surface area (Å²) in [6, 6.07) is 0. The predicted octanol–water partition coefficient (Wildman–Crippen LogP) is -0.111. The van der Waals surface area contributed by atoms with E-state index in [9.17, 15) is 14.7 Å². The standard InChI is InChI=1S/C11H13N3O3S/c15-9(13-11-14-12-4-18-11)7-5-1-2-6(3-5)8(7)10(16)17/h4-8H,1-3H2,(H,16,17)(H,13,14,15)/p-1. The fourth-order valence-corrected chi connectivity index (χ4v) is 3.87. The summed E-state index contributed by atoms with van der Waals surface area (Å²) >= 11 is 1.22.